The fourth-order valence-electron chi connectivity index (χ4n) is 4.08. The van der Waals surface area contributed by atoms with Gasteiger partial charge in [0, 0.05) is 25.6 Å². The van der Waals surface area contributed by atoms with Crippen molar-refractivity contribution in [3.63, 3.8) is 0 Å². The van der Waals surface area contributed by atoms with E-state index in [0.29, 0.717) is 12.3 Å². The molecule has 0 aromatic heterocycles. The van der Waals surface area contributed by atoms with Crippen LogP contribution in [0.4, 0.5) is 0 Å². The predicted octanol–water partition coefficient (Wildman–Crippen LogP) is 3.26. The third-order valence-corrected chi connectivity index (χ3v) is 5.46. The Morgan fingerprint density at radius 1 is 1.16 bits per heavy atom. The minimum Gasteiger partial charge on any atom is -0.353 e. The molecule has 2 amide bonds. The summed E-state index contributed by atoms with van der Waals surface area (Å²) in [4.78, 5) is 26.9. The second-order valence-electron chi connectivity index (χ2n) is 7.91. The van der Waals surface area contributed by atoms with Gasteiger partial charge in [0.25, 0.3) is 0 Å². The lowest BCUT2D eigenvalue weighted by Crippen LogP contribution is -2.48. The van der Waals surface area contributed by atoms with Crippen LogP contribution in [0.25, 0.3) is 0 Å². The van der Waals surface area contributed by atoms with Crippen molar-refractivity contribution < 1.29 is 9.59 Å². The number of piperidine rings is 1. The van der Waals surface area contributed by atoms with E-state index in [1.54, 1.807) is 0 Å². The highest BCUT2D eigenvalue weighted by Gasteiger charge is 2.29. The molecule has 0 saturated carbocycles. The number of carbonyl (C=O) groups excluding carboxylic acids is 2. The summed E-state index contributed by atoms with van der Waals surface area (Å²) in [5.74, 6) is 0.807. The second-order valence-corrected chi connectivity index (χ2v) is 7.91. The molecule has 1 N–H and O–H groups in total. The number of nitrogens with one attached hydrogen (secondary N) is 1. The first-order valence-electron chi connectivity index (χ1n) is 9.70. The van der Waals surface area contributed by atoms with Crippen LogP contribution in [0.5, 0.6) is 0 Å². The maximum absolute atomic E-state index is 12.8. The monoisotopic (exact) mass is 342 g/mol. The van der Waals surface area contributed by atoms with Crippen molar-refractivity contribution in [3.8, 4) is 0 Å². The molecular weight excluding hydrogens is 312 g/mol. The Morgan fingerprint density at radius 3 is 2.60 bits per heavy atom. The number of likely N-dealkylation sites (tertiary alicyclic amines) is 1. The highest BCUT2D eigenvalue weighted by molar-refractivity contribution is 5.84. The van der Waals surface area contributed by atoms with E-state index in [2.05, 4.69) is 37.4 Å². The van der Waals surface area contributed by atoms with E-state index in [1.807, 2.05) is 11.0 Å². The lowest BCUT2D eigenvalue weighted by molar-refractivity contribution is -0.133. The number of carbonyl (C=O) groups is 2. The molecule has 0 radical (unpaired) electrons. The molecule has 1 aromatic rings. The highest BCUT2D eigenvalue weighted by Crippen LogP contribution is 2.31. The number of hydrogen-bond donors (Lipinski definition) is 1. The van der Waals surface area contributed by atoms with Crippen molar-refractivity contribution in [2.24, 2.45) is 5.92 Å². The summed E-state index contributed by atoms with van der Waals surface area (Å²) in [5, 5.41) is 3.25. The Morgan fingerprint density at radius 2 is 1.88 bits per heavy atom. The summed E-state index contributed by atoms with van der Waals surface area (Å²) in [7, 11) is 0. The zero-order valence-corrected chi connectivity index (χ0v) is 15.5. The first-order valence-corrected chi connectivity index (χ1v) is 9.70. The standard InChI is InChI=1S/C21H30N2O2/c1-15(2)14-20(24)23-12-10-17(11-13-23)22-21(25)19-9-5-7-16-6-3-4-8-18(16)19/h3-4,6,8,15,17,19H,5,7,9-14H2,1-2H3,(H,22,25). The summed E-state index contributed by atoms with van der Waals surface area (Å²) in [6.45, 7) is 5.68. The van der Waals surface area contributed by atoms with E-state index >= 15 is 0 Å². The van der Waals surface area contributed by atoms with Crippen molar-refractivity contribution in [2.75, 3.05) is 13.1 Å². The van der Waals surface area contributed by atoms with Crippen LogP contribution in [0.1, 0.15) is 63.0 Å². The van der Waals surface area contributed by atoms with Crippen LogP contribution in [-0.4, -0.2) is 35.8 Å². The number of amides is 2. The predicted molar refractivity (Wildman–Crippen MR) is 99.3 cm³/mol. The SMILES string of the molecule is CC(C)CC(=O)N1CCC(NC(=O)C2CCCc3ccccc32)CC1. The maximum atomic E-state index is 12.8. The molecule has 1 aliphatic carbocycles. The summed E-state index contributed by atoms with van der Waals surface area (Å²) in [5.41, 5.74) is 2.53. The quantitative estimate of drug-likeness (QED) is 0.913. The average Bonchev–Trinajstić information content (AvgIpc) is 2.61. The van der Waals surface area contributed by atoms with E-state index in [9.17, 15) is 9.59 Å². The van der Waals surface area contributed by atoms with Gasteiger partial charge in [-0.05, 0) is 49.1 Å². The molecule has 25 heavy (non-hydrogen) atoms. The molecular formula is C21H30N2O2. The van der Waals surface area contributed by atoms with E-state index in [-0.39, 0.29) is 23.8 Å². The fraction of sp³-hybridized carbons (Fsp3) is 0.619. The Balaban J connectivity index is 1.53. The van der Waals surface area contributed by atoms with Gasteiger partial charge >= 0.3 is 0 Å². The van der Waals surface area contributed by atoms with Crippen LogP contribution in [0.15, 0.2) is 24.3 Å². The highest BCUT2D eigenvalue weighted by atomic mass is 16.2. The van der Waals surface area contributed by atoms with Gasteiger partial charge in [0.05, 0.1) is 5.92 Å². The molecule has 4 heteroatoms. The van der Waals surface area contributed by atoms with Gasteiger partial charge in [-0.25, -0.2) is 0 Å². The molecule has 3 rings (SSSR count). The molecule has 1 fully saturated rings. The molecule has 1 atom stereocenters. The van der Waals surface area contributed by atoms with Crippen molar-refractivity contribution in [1.29, 1.82) is 0 Å². The molecule has 136 valence electrons. The molecule has 0 bridgehead atoms. The number of benzene rings is 1. The van der Waals surface area contributed by atoms with Gasteiger partial charge in [-0.15, -0.1) is 0 Å². The van der Waals surface area contributed by atoms with Crippen LogP contribution in [0, 0.1) is 5.92 Å². The van der Waals surface area contributed by atoms with Crippen LogP contribution < -0.4 is 5.32 Å². The lowest BCUT2D eigenvalue weighted by atomic mass is 9.82. The number of fused-ring (bicyclic) bond motifs is 1. The van der Waals surface area contributed by atoms with E-state index in [1.165, 1.54) is 11.1 Å². The average molecular weight is 342 g/mol. The zero-order valence-electron chi connectivity index (χ0n) is 15.5. The Labute approximate surface area is 151 Å². The van der Waals surface area contributed by atoms with Gasteiger partial charge in [0.1, 0.15) is 0 Å². The van der Waals surface area contributed by atoms with Crippen molar-refractivity contribution >= 4 is 11.8 Å². The zero-order chi connectivity index (χ0) is 17.8. The number of rotatable bonds is 4. The first-order chi connectivity index (χ1) is 12.0. The molecule has 1 saturated heterocycles. The van der Waals surface area contributed by atoms with E-state index in [0.717, 1.165) is 45.2 Å². The summed E-state index contributed by atoms with van der Waals surface area (Å²) < 4.78 is 0. The van der Waals surface area contributed by atoms with Crippen LogP contribution in [0.3, 0.4) is 0 Å². The minimum absolute atomic E-state index is 0.00875. The van der Waals surface area contributed by atoms with E-state index < -0.39 is 0 Å². The summed E-state index contributed by atoms with van der Waals surface area (Å²) in [6.07, 6.45) is 5.45. The number of nitrogens with zero attached hydrogens (tertiary/aromatic N) is 1. The Bertz CT molecular complexity index is 618. The topological polar surface area (TPSA) is 49.4 Å². The van der Waals surface area contributed by atoms with Crippen molar-refractivity contribution in [2.45, 2.75) is 64.3 Å². The fourth-order valence-corrected chi connectivity index (χ4v) is 4.08. The second kappa shape index (κ2) is 8.03. The molecule has 0 spiro atoms. The van der Waals surface area contributed by atoms with Gasteiger partial charge in [0.2, 0.25) is 11.8 Å². The van der Waals surface area contributed by atoms with Gasteiger partial charge in [-0.3, -0.25) is 9.59 Å². The van der Waals surface area contributed by atoms with Crippen LogP contribution in [-0.2, 0) is 16.0 Å². The lowest BCUT2D eigenvalue weighted by Gasteiger charge is -2.34. The first kappa shape index (κ1) is 18.0. The molecule has 1 heterocycles. The minimum atomic E-state index is -0.00875. The van der Waals surface area contributed by atoms with Crippen LogP contribution in [0.2, 0.25) is 0 Å². The van der Waals surface area contributed by atoms with Crippen molar-refractivity contribution in [1.82, 2.24) is 10.2 Å². The van der Waals surface area contributed by atoms with Crippen LogP contribution >= 0.6 is 0 Å². The normalized spacial score (nSPS) is 21.1. The van der Waals surface area contributed by atoms with Gasteiger partial charge < -0.3 is 10.2 Å². The molecule has 4 nitrogen and oxygen atoms in total. The van der Waals surface area contributed by atoms with Gasteiger partial charge in [-0.1, -0.05) is 38.1 Å². The molecule has 1 unspecified atom stereocenters. The third-order valence-electron chi connectivity index (χ3n) is 5.46. The van der Waals surface area contributed by atoms with Crippen molar-refractivity contribution in [3.05, 3.63) is 35.4 Å². The third kappa shape index (κ3) is 4.42. The van der Waals surface area contributed by atoms with Gasteiger partial charge in [-0.2, -0.15) is 0 Å². The smallest absolute Gasteiger partial charge is 0.227 e. The summed E-state index contributed by atoms with van der Waals surface area (Å²) in [6, 6.07) is 8.54. The van der Waals surface area contributed by atoms with E-state index in [4.69, 9.17) is 0 Å². The largest absolute Gasteiger partial charge is 0.353 e. The number of hydrogen-bond acceptors (Lipinski definition) is 2. The Kier molecular flexibility index (Phi) is 5.77. The maximum Gasteiger partial charge on any atom is 0.227 e. The molecule has 1 aliphatic heterocycles. The Hall–Kier alpha value is -1.84. The molecule has 2 aliphatic rings. The summed E-state index contributed by atoms with van der Waals surface area (Å²) >= 11 is 0. The number of aryl methyl sites for hydroxylation is 1. The van der Waals surface area contributed by atoms with Gasteiger partial charge in [0.15, 0.2) is 0 Å². The molecule has 1 aromatic carbocycles.